The van der Waals surface area contributed by atoms with Gasteiger partial charge in [0.05, 0.1) is 0 Å². The van der Waals surface area contributed by atoms with Crippen molar-refractivity contribution in [1.29, 1.82) is 0 Å². The molecule has 0 aromatic carbocycles. The molecule has 2 aromatic heterocycles. The summed E-state index contributed by atoms with van der Waals surface area (Å²) in [6.45, 7) is 0. The first kappa shape index (κ1) is 12.2. The first-order valence-electron chi connectivity index (χ1n) is 4.68. The third-order valence-corrected chi connectivity index (χ3v) is 2.79. The van der Waals surface area contributed by atoms with Gasteiger partial charge in [-0.2, -0.15) is 5.10 Å². The number of halogens is 1. The number of carbonyl (C=O) groups excluding carboxylic acids is 1. The number of aromatic nitrogens is 4. The van der Waals surface area contributed by atoms with Crippen LogP contribution >= 0.6 is 15.9 Å². The van der Waals surface area contributed by atoms with Crippen LogP contribution in [0.3, 0.4) is 0 Å². The molecule has 94 valence electrons. The van der Waals surface area contributed by atoms with Gasteiger partial charge in [0.25, 0.3) is 5.91 Å². The normalized spacial score (nSPS) is 10.3. The molecule has 2 rings (SSSR count). The Hall–Kier alpha value is -2.23. The topological polar surface area (TPSA) is 119 Å². The molecule has 0 unspecified atom stereocenters. The molecule has 0 atom stereocenters. The molecule has 0 aliphatic rings. The molecule has 0 radical (unpaired) electrons. The molecule has 1 amide bonds. The Kier molecular flexibility index (Phi) is 3.10. The molecule has 9 nitrogen and oxygen atoms in total. The predicted molar refractivity (Wildman–Crippen MR) is 64.1 cm³/mol. The fourth-order valence-corrected chi connectivity index (χ4v) is 1.75. The Morgan fingerprint density at radius 1 is 1.67 bits per heavy atom. The van der Waals surface area contributed by atoms with Crippen LogP contribution in [0.25, 0.3) is 0 Å². The maximum atomic E-state index is 11.8. The third kappa shape index (κ3) is 2.22. The number of hydrogen-bond donors (Lipinski definition) is 2. The fraction of sp³-hybridized carbons (Fsp3) is 0.125. The average molecular weight is 315 g/mol. The highest BCUT2D eigenvalue weighted by Crippen LogP contribution is 2.25. The highest BCUT2D eigenvalue weighted by Gasteiger charge is 2.24. The summed E-state index contributed by atoms with van der Waals surface area (Å²) < 4.78 is 1.51. The van der Waals surface area contributed by atoms with Crippen LogP contribution < -0.4 is 5.32 Å². The Bertz CT molecular complexity index is 618. The van der Waals surface area contributed by atoms with Crippen LogP contribution in [0.5, 0.6) is 0 Å². The standard InChI is InChI=1S/C8H7BrN6O3/c1-14-3-2-4(13-14)10-8(16)6-5(9)7(12-11-6)15(17)18/h2-3H,1H3,(H,11,12)(H,10,13,16). The molecule has 2 heterocycles. The van der Waals surface area contributed by atoms with E-state index in [1.165, 1.54) is 4.68 Å². The highest BCUT2D eigenvalue weighted by atomic mass is 79.9. The van der Waals surface area contributed by atoms with Crippen molar-refractivity contribution in [2.45, 2.75) is 0 Å². The molecule has 0 fully saturated rings. The first-order chi connectivity index (χ1) is 8.49. The number of aryl methyl sites for hydroxylation is 1. The van der Waals surface area contributed by atoms with E-state index < -0.39 is 10.8 Å². The van der Waals surface area contributed by atoms with Crippen molar-refractivity contribution in [3.8, 4) is 0 Å². The van der Waals surface area contributed by atoms with Gasteiger partial charge < -0.3 is 15.4 Å². The molecule has 0 saturated heterocycles. The van der Waals surface area contributed by atoms with E-state index in [-0.39, 0.29) is 16.0 Å². The lowest BCUT2D eigenvalue weighted by Gasteiger charge is -1.97. The molecule has 10 heteroatoms. The molecule has 0 saturated carbocycles. The summed E-state index contributed by atoms with van der Waals surface area (Å²) in [4.78, 5) is 21.7. The maximum absolute atomic E-state index is 11.8. The number of H-pyrrole nitrogens is 1. The molecule has 0 bridgehead atoms. The number of nitro groups is 1. The van der Waals surface area contributed by atoms with Gasteiger partial charge in [-0.15, -0.1) is 5.10 Å². The number of hydrogen-bond acceptors (Lipinski definition) is 5. The molecule has 0 aliphatic carbocycles. The number of aromatic amines is 1. The van der Waals surface area contributed by atoms with Gasteiger partial charge in [0, 0.05) is 19.3 Å². The van der Waals surface area contributed by atoms with E-state index in [4.69, 9.17) is 0 Å². The van der Waals surface area contributed by atoms with Gasteiger partial charge in [-0.05, 0) is 20.9 Å². The summed E-state index contributed by atoms with van der Waals surface area (Å²) >= 11 is 2.95. The molecular formula is C8H7BrN6O3. The van der Waals surface area contributed by atoms with E-state index in [1.807, 2.05) is 0 Å². The highest BCUT2D eigenvalue weighted by molar-refractivity contribution is 9.10. The zero-order valence-corrected chi connectivity index (χ0v) is 10.6. The quantitative estimate of drug-likeness (QED) is 0.648. The van der Waals surface area contributed by atoms with Gasteiger partial charge in [0.1, 0.15) is 4.47 Å². The van der Waals surface area contributed by atoms with E-state index in [1.54, 1.807) is 19.3 Å². The second-order valence-corrected chi connectivity index (χ2v) is 4.11. The van der Waals surface area contributed by atoms with Crippen LogP contribution in [0.2, 0.25) is 0 Å². The van der Waals surface area contributed by atoms with Crippen molar-refractivity contribution in [3.63, 3.8) is 0 Å². The molecule has 0 spiro atoms. The minimum Gasteiger partial charge on any atom is -0.358 e. The van der Waals surface area contributed by atoms with Crippen LogP contribution in [0, 0.1) is 10.1 Å². The summed E-state index contributed by atoms with van der Waals surface area (Å²) in [5.74, 6) is -0.633. The molecule has 0 aliphatic heterocycles. The van der Waals surface area contributed by atoms with Crippen LogP contribution in [0.15, 0.2) is 16.7 Å². The summed E-state index contributed by atoms with van der Waals surface area (Å²) in [6, 6.07) is 1.59. The summed E-state index contributed by atoms with van der Waals surface area (Å²) in [6.07, 6.45) is 1.65. The fourth-order valence-electron chi connectivity index (χ4n) is 1.25. The lowest BCUT2D eigenvalue weighted by molar-refractivity contribution is -0.390. The second kappa shape index (κ2) is 4.56. The van der Waals surface area contributed by atoms with Crippen molar-refractivity contribution < 1.29 is 9.72 Å². The Morgan fingerprint density at radius 3 is 2.89 bits per heavy atom. The molecule has 18 heavy (non-hydrogen) atoms. The number of carbonyl (C=O) groups is 1. The molecule has 2 N–H and O–H groups in total. The van der Waals surface area contributed by atoms with Crippen molar-refractivity contribution >= 4 is 33.5 Å². The van der Waals surface area contributed by atoms with E-state index in [2.05, 4.69) is 36.5 Å². The number of nitrogens with zero attached hydrogens (tertiary/aromatic N) is 4. The van der Waals surface area contributed by atoms with Gasteiger partial charge in [-0.25, -0.2) is 0 Å². The maximum Gasteiger partial charge on any atom is 0.357 e. The van der Waals surface area contributed by atoms with E-state index >= 15 is 0 Å². The zero-order chi connectivity index (χ0) is 13.3. The SMILES string of the molecule is Cn1ccc(NC(=O)c2n[nH]c([N+](=O)[O-])c2Br)n1. The van der Waals surface area contributed by atoms with Crippen LogP contribution in [0.1, 0.15) is 10.5 Å². The van der Waals surface area contributed by atoms with Crippen molar-refractivity contribution in [2.75, 3.05) is 5.32 Å². The molecule has 2 aromatic rings. The Labute approximate surface area is 108 Å². The van der Waals surface area contributed by atoms with Crippen molar-refractivity contribution in [2.24, 2.45) is 7.05 Å². The van der Waals surface area contributed by atoms with Crippen LogP contribution in [0.4, 0.5) is 11.6 Å². The Balaban J connectivity index is 2.22. The summed E-state index contributed by atoms with van der Waals surface area (Å²) in [7, 11) is 1.70. The van der Waals surface area contributed by atoms with Crippen molar-refractivity contribution in [1.82, 2.24) is 20.0 Å². The van der Waals surface area contributed by atoms with Gasteiger partial charge >= 0.3 is 5.82 Å². The lowest BCUT2D eigenvalue weighted by Crippen LogP contribution is -2.13. The van der Waals surface area contributed by atoms with Gasteiger partial charge in [0.2, 0.25) is 0 Å². The van der Waals surface area contributed by atoms with Crippen LogP contribution in [-0.4, -0.2) is 30.8 Å². The average Bonchev–Trinajstić information content (AvgIpc) is 2.85. The molecular weight excluding hydrogens is 308 g/mol. The Morgan fingerprint density at radius 2 is 2.39 bits per heavy atom. The van der Waals surface area contributed by atoms with Crippen LogP contribution in [-0.2, 0) is 7.05 Å². The van der Waals surface area contributed by atoms with E-state index in [9.17, 15) is 14.9 Å². The van der Waals surface area contributed by atoms with Gasteiger partial charge in [0.15, 0.2) is 11.5 Å². The summed E-state index contributed by atoms with van der Waals surface area (Å²) in [5.41, 5.74) is -0.104. The number of amides is 1. The van der Waals surface area contributed by atoms with Gasteiger partial charge in [-0.1, -0.05) is 5.10 Å². The third-order valence-electron chi connectivity index (χ3n) is 2.04. The predicted octanol–water partition coefficient (Wildman–Crippen LogP) is 1.07. The smallest absolute Gasteiger partial charge is 0.357 e. The number of nitrogens with one attached hydrogen (secondary N) is 2. The van der Waals surface area contributed by atoms with E-state index in [0.717, 1.165) is 0 Å². The largest absolute Gasteiger partial charge is 0.358 e. The lowest BCUT2D eigenvalue weighted by atomic mass is 10.4. The van der Waals surface area contributed by atoms with Crippen molar-refractivity contribution in [3.05, 3.63) is 32.5 Å². The second-order valence-electron chi connectivity index (χ2n) is 3.32. The first-order valence-corrected chi connectivity index (χ1v) is 5.47. The summed E-state index contributed by atoms with van der Waals surface area (Å²) in [5, 5.41) is 22.7. The minimum absolute atomic E-state index is 0.000862. The number of anilines is 1. The number of rotatable bonds is 3. The van der Waals surface area contributed by atoms with E-state index in [0.29, 0.717) is 5.82 Å². The zero-order valence-electron chi connectivity index (χ0n) is 9.05. The minimum atomic E-state index is -0.672. The van der Waals surface area contributed by atoms with Gasteiger partial charge in [-0.3, -0.25) is 9.48 Å². The monoisotopic (exact) mass is 314 g/mol.